The van der Waals surface area contributed by atoms with Crippen molar-refractivity contribution in [1.29, 1.82) is 0 Å². The third-order valence-corrected chi connectivity index (χ3v) is 6.29. The standard InChI is InChI=1S/C27H29NO3/c1-3-24(28-31-4-2)26-23(27(30)19-9-6-5-7-10-19)16-22(17-25(26)29)21-14-13-18-11-8-12-20(18)15-21/h5-7,9-10,13-15,22H,3-4,8,11-12,16-17H2,1-2H3/b28-24-. The lowest BCUT2D eigenvalue weighted by Crippen LogP contribution is -2.27. The van der Waals surface area contributed by atoms with E-state index in [0.717, 1.165) is 18.4 Å². The van der Waals surface area contributed by atoms with E-state index < -0.39 is 0 Å². The van der Waals surface area contributed by atoms with Gasteiger partial charge in [0.25, 0.3) is 0 Å². The molecule has 0 saturated heterocycles. The van der Waals surface area contributed by atoms with E-state index in [0.29, 0.717) is 48.3 Å². The summed E-state index contributed by atoms with van der Waals surface area (Å²) < 4.78 is 0. The highest BCUT2D eigenvalue weighted by molar-refractivity contribution is 6.29. The van der Waals surface area contributed by atoms with E-state index in [1.165, 1.54) is 17.5 Å². The number of hydrogen-bond acceptors (Lipinski definition) is 4. The number of fused-ring (bicyclic) bond motifs is 1. The first-order valence-corrected chi connectivity index (χ1v) is 11.3. The molecule has 0 amide bonds. The van der Waals surface area contributed by atoms with Gasteiger partial charge in [0.2, 0.25) is 0 Å². The summed E-state index contributed by atoms with van der Waals surface area (Å²) in [5.41, 5.74) is 6.16. The van der Waals surface area contributed by atoms with Crippen LogP contribution in [0.15, 0.2) is 64.8 Å². The van der Waals surface area contributed by atoms with Crippen molar-refractivity contribution in [3.05, 3.63) is 81.9 Å². The largest absolute Gasteiger partial charge is 0.396 e. The van der Waals surface area contributed by atoms with E-state index in [9.17, 15) is 9.59 Å². The maximum absolute atomic E-state index is 13.5. The van der Waals surface area contributed by atoms with Crippen LogP contribution in [0, 0.1) is 0 Å². The van der Waals surface area contributed by atoms with E-state index in [1.807, 2.05) is 44.2 Å². The van der Waals surface area contributed by atoms with Crippen LogP contribution in [0.4, 0.5) is 0 Å². The molecule has 160 valence electrons. The Labute approximate surface area is 184 Å². The Hall–Kier alpha value is -3.01. The van der Waals surface area contributed by atoms with Crippen LogP contribution >= 0.6 is 0 Å². The first-order valence-electron chi connectivity index (χ1n) is 11.3. The molecule has 2 aromatic rings. The second-order valence-electron chi connectivity index (χ2n) is 8.27. The van der Waals surface area contributed by atoms with Gasteiger partial charge in [-0.25, -0.2) is 0 Å². The molecule has 4 nitrogen and oxygen atoms in total. The zero-order valence-electron chi connectivity index (χ0n) is 18.3. The maximum atomic E-state index is 13.5. The van der Waals surface area contributed by atoms with Gasteiger partial charge >= 0.3 is 0 Å². The summed E-state index contributed by atoms with van der Waals surface area (Å²) in [6.07, 6.45) is 4.90. The molecule has 0 spiro atoms. The van der Waals surface area contributed by atoms with Crippen molar-refractivity contribution in [1.82, 2.24) is 0 Å². The molecule has 0 fully saturated rings. The molecule has 0 aromatic heterocycles. The molecule has 2 aliphatic carbocycles. The number of allylic oxidation sites excluding steroid dienone is 2. The lowest BCUT2D eigenvalue weighted by molar-refractivity contribution is -0.115. The highest BCUT2D eigenvalue weighted by Gasteiger charge is 2.34. The highest BCUT2D eigenvalue weighted by Crippen LogP contribution is 2.38. The molecular weight excluding hydrogens is 386 g/mol. The van der Waals surface area contributed by atoms with E-state index in [-0.39, 0.29) is 17.5 Å². The monoisotopic (exact) mass is 415 g/mol. The minimum absolute atomic E-state index is 0.00927. The summed E-state index contributed by atoms with van der Waals surface area (Å²) in [7, 11) is 0. The predicted molar refractivity (Wildman–Crippen MR) is 123 cm³/mol. The van der Waals surface area contributed by atoms with Crippen molar-refractivity contribution < 1.29 is 14.4 Å². The van der Waals surface area contributed by atoms with E-state index in [2.05, 4.69) is 23.4 Å². The molecule has 0 saturated carbocycles. The van der Waals surface area contributed by atoms with E-state index in [1.54, 1.807) is 0 Å². The van der Waals surface area contributed by atoms with Crippen LogP contribution in [0.2, 0.25) is 0 Å². The molecule has 4 heteroatoms. The SMILES string of the molecule is CCO/N=C(/CC)C1=C(C(=O)c2ccccc2)CC(c2ccc3c(c2)CCC3)CC1=O. The van der Waals surface area contributed by atoms with E-state index >= 15 is 0 Å². The summed E-state index contributed by atoms with van der Waals surface area (Å²) in [6, 6.07) is 15.8. The molecule has 2 aliphatic rings. The minimum atomic E-state index is -0.0903. The summed E-state index contributed by atoms with van der Waals surface area (Å²) in [4.78, 5) is 32.2. The van der Waals surface area contributed by atoms with Gasteiger partial charge in [0.1, 0.15) is 6.61 Å². The normalized spacial score (nSPS) is 18.8. The van der Waals surface area contributed by atoms with Crippen molar-refractivity contribution in [2.45, 2.75) is 58.3 Å². The van der Waals surface area contributed by atoms with Crippen LogP contribution < -0.4 is 0 Å². The number of carbonyl (C=O) groups excluding carboxylic acids is 2. The average molecular weight is 416 g/mol. The first-order chi connectivity index (χ1) is 15.1. The van der Waals surface area contributed by atoms with Gasteiger partial charge in [-0.15, -0.1) is 0 Å². The molecule has 0 aliphatic heterocycles. The van der Waals surface area contributed by atoms with Gasteiger partial charge < -0.3 is 4.84 Å². The van der Waals surface area contributed by atoms with Gasteiger partial charge in [-0.1, -0.05) is 60.6 Å². The predicted octanol–water partition coefficient (Wildman–Crippen LogP) is 5.60. The van der Waals surface area contributed by atoms with Crippen LogP contribution in [0.3, 0.4) is 0 Å². The Morgan fingerprint density at radius 3 is 2.55 bits per heavy atom. The molecule has 0 heterocycles. The summed E-state index contributed by atoms with van der Waals surface area (Å²) >= 11 is 0. The molecule has 0 N–H and O–H groups in total. The smallest absolute Gasteiger partial charge is 0.189 e. The van der Waals surface area contributed by atoms with Crippen LogP contribution in [0.25, 0.3) is 0 Å². The second-order valence-corrected chi connectivity index (χ2v) is 8.27. The fourth-order valence-corrected chi connectivity index (χ4v) is 4.73. The number of rotatable bonds is 7. The molecule has 1 unspecified atom stereocenters. The van der Waals surface area contributed by atoms with Crippen LogP contribution in [0.5, 0.6) is 0 Å². The number of hydrogen-bond donors (Lipinski definition) is 0. The Morgan fingerprint density at radius 2 is 1.81 bits per heavy atom. The quantitative estimate of drug-likeness (QED) is 0.336. The van der Waals surface area contributed by atoms with Crippen molar-refractivity contribution >= 4 is 17.3 Å². The van der Waals surface area contributed by atoms with Gasteiger partial charge in [-0.05, 0) is 61.6 Å². The van der Waals surface area contributed by atoms with Crippen molar-refractivity contribution in [2.24, 2.45) is 5.16 Å². The third-order valence-electron chi connectivity index (χ3n) is 6.29. The number of benzene rings is 2. The lowest BCUT2D eigenvalue weighted by Gasteiger charge is -2.27. The molecule has 31 heavy (non-hydrogen) atoms. The van der Waals surface area contributed by atoms with Crippen molar-refractivity contribution in [3.8, 4) is 0 Å². The molecule has 0 bridgehead atoms. The Kier molecular flexibility index (Phi) is 6.45. The molecular formula is C27H29NO3. The summed E-state index contributed by atoms with van der Waals surface area (Å²) in [6.45, 7) is 4.22. The van der Waals surface area contributed by atoms with Gasteiger partial charge in [0.05, 0.1) is 5.71 Å². The fraction of sp³-hybridized carbons (Fsp3) is 0.370. The molecule has 1 atom stereocenters. The highest BCUT2D eigenvalue weighted by atomic mass is 16.6. The van der Waals surface area contributed by atoms with Crippen molar-refractivity contribution in [2.75, 3.05) is 6.61 Å². The molecule has 2 aromatic carbocycles. The van der Waals surface area contributed by atoms with Gasteiger partial charge in [0, 0.05) is 23.1 Å². The fourth-order valence-electron chi connectivity index (χ4n) is 4.73. The Balaban J connectivity index is 1.76. The first kappa shape index (κ1) is 21.2. The number of Topliss-reactive ketones (excluding diaryl/α,β-unsaturated/α-hetero) is 2. The van der Waals surface area contributed by atoms with E-state index in [4.69, 9.17) is 4.84 Å². The number of ketones is 2. The topological polar surface area (TPSA) is 55.7 Å². The van der Waals surface area contributed by atoms with Gasteiger partial charge in [-0.3, -0.25) is 9.59 Å². The van der Waals surface area contributed by atoms with Gasteiger partial charge in [-0.2, -0.15) is 0 Å². The minimum Gasteiger partial charge on any atom is -0.396 e. The maximum Gasteiger partial charge on any atom is 0.189 e. The number of nitrogens with zero attached hydrogens (tertiary/aromatic N) is 1. The lowest BCUT2D eigenvalue weighted by atomic mass is 9.75. The number of aryl methyl sites for hydroxylation is 2. The Morgan fingerprint density at radius 1 is 1.03 bits per heavy atom. The zero-order valence-corrected chi connectivity index (χ0v) is 18.3. The number of oxime groups is 1. The molecule has 0 radical (unpaired) electrons. The number of carbonyl (C=O) groups is 2. The van der Waals surface area contributed by atoms with Crippen LogP contribution in [-0.2, 0) is 22.5 Å². The average Bonchev–Trinajstić information content (AvgIpc) is 3.28. The third kappa shape index (κ3) is 4.39. The summed E-state index contributed by atoms with van der Waals surface area (Å²) in [5.74, 6) is -0.0983. The van der Waals surface area contributed by atoms with Crippen molar-refractivity contribution in [3.63, 3.8) is 0 Å². The Bertz CT molecular complexity index is 1050. The van der Waals surface area contributed by atoms with Crippen LogP contribution in [0.1, 0.15) is 72.5 Å². The molecule has 4 rings (SSSR count). The zero-order chi connectivity index (χ0) is 21.8. The second kappa shape index (κ2) is 9.42. The van der Waals surface area contributed by atoms with Crippen LogP contribution in [-0.4, -0.2) is 23.9 Å². The summed E-state index contributed by atoms with van der Waals surface area (Å²) in [5, 5.41) is 4.19. The van der Waals surface area contributed by atoms with Gasteiger partial charge in [0.15, 0.2) is 11.6 Å².